The van der Waals surface area contributed by atoms with Gasteiger partial charge in [0, 0.05) is 5.56 Å². The molecule has 7 nitrogen and oxygen atoms in total. The molecule has 0 bridgehead atoms. The minimum Gasteiger partial charge on any atom is -0.497 e. The van der Waals surface area contributed by atoms with Gasteiger partial charge in [-0.1, -0.05) is 13.8 Å². The van der Waals surface area contributed by atoms with E-state index in [2.05, 4.69) is 20.6 Å². The van der Waals surface area contributed by atoms with Crippen molar-refractivity contribution in [3.05, 3.63) is 18.2 Å². The van der Waals surface area contributed by atoms with Gasteiger partial charge in [-0.3, -0.25) is 0 Å². The number of hydrogen-bond acceptors (Lipinski definition) is 5. The van der Waals surface area contributed by atoms with Crippen LogP contribution in [-0.2, 0) is 11.0 Å². The highest BCUT2D eigenvalue weighted by Gasteiger charge is 2.13. The summed E-state index contributed by atoms with van der Waals surface area (Å²) in [5.74, 6) is 0.932. The van der Waals surface area contributed by atoms with Gasteiger partial charge in [-0.2, -0.15) is 5.21 Å². The van der Waals surface area contributed by atoms with Crippen LogP contribution in [0.5, 0.6) is 5.75 Å². The number of ether oxygens (including phenoxy) is 1. The van der Waals surface area contributed by atoms with Crippen LogP contribution in [0.1, 0.15) is 13.8 Å². The van der Waals surface area contributed by atoms with E-state index < -0.39 is 11.0 Å². The van der Waals surface area contributed by atoms with E-state index >= 15 is 0 Å². The van der Waals surface area contributed by atoms with E-state index in [0.29, 0.717) is 22.0 Å². The van der Waals surface area contributed by atoms with Gasteiger partial charge >= 0.3 is 0 Å². The predicted molar refractivity (Wildman–Crippen MR) is 68.1 cm³/mol. The lowest BCUT2D eigenvalue weighted by atomic mass is 10.2. The zero-order valence-corrected chi connectivity index (χ0v) is 11.2. The number of methoxy groups -OCH3 is 1. The maximum absolute atomic E-state index is 11.3. The van der Waals surface area contributed by atoms with E-state index in [-0.39, 0.29) is 0 Å². The number of nitrogens with one attached hydrogen (secondary N) is 1. The second-order valence-corrected chi connectivity index (χ2v) is 3.93. The number of benzene rings is 1. The van der Waals surface area contributed by atoms with Gasteiger partial charge in [-0.15, -0.1) is 10.2 Å². The van der Waals surface area contributed by atoms with Crippen LogP contribution in [0.4, 0.5) is 0 Å². The summed E-state index contributed by atoms with van der Waals surface area (Å²) in [4.78, 5) is 0.433. The van der Waals surface area contributed by atoms with Crippen LogP contribution in [0, 0.1) is 0 Å². The first-order chi connectivity index (χ1) is 8.72. The molecule has 1 heterocycles. The van der Waals surface area contributed by atoms with E-state index in [9.17, 15) is 4.21 Å². The molecule has 0 spiro atoms. The lowest BCUT2D eigenvalue weighted by Crippen LogP contribution is -2.05. The van der Waals surface area contributed by atoms with Crippen LogP contribution in [-0.4, -0.2) is 31.9 Å². The molecule has 0 fully saturated rings. The summed E-state index contributed by atoms with van der Waals surface area (Å²) in [6.45, 7) is 4.00. The van der Waals surface area contributed by atoms with E-state index in [1.807, 2.05) is 13.8 Å². The number of nitrogens with two attached hydrogens (primary N) is 1. The Labute approximate surface area is 107 Å². The third-order valence-electron chi connectivity index (χ3n) is 1.99. The van der Waals surface area contributed by atoms with Crippen LogP contribution in [0.15, 0.2) is 23.1 Å². The highest BCUT2D eigenvalue weighted by Crippen LogP contribution is 2.26. The molecule has 3 N–H and O–H groups in total. The van der Waals surface area contributed by atoms with Gasteiger partial charge < -0.3 is 4.74 Å². The topological polar surface area (TPSA) is 107 Å². The molecule has 0 aliphatic heterocycles. The van der Waals surface area contributed by atoms with Gasteiger partial charge in [0.05, 0.1) is 12.0 Å². The molecular formula is C10H15N5O2S. The summed E-state index contributed by atoms with van der Waals surface area (Å²) in [5.41, 5.74) is 0.536. The fourth-order valence-electron chi connectivity index (χ4n) is 1.26. The molecule has 0 aliphatic carbocycles. The summed E-state index contributed by atoms with van der Waals surface area (Å²) in [7, 11) is -0.0765. The molecule has 98 valence electrons. The molecule has 1 atom stereocenters. The van der Waals surface area contributed by atoms with Crippen LogP contribution < -0.4 is 9.88 Å². The molecule has 0 radical (unpaired) electrons. The monoisotopic (exact) mass is 269 g/mol. The quantitative estimate of drug-likeness (QED) is 0.860. The first-order valence-corrected chi connectivity index (χ1v) is 6.51. The molecule has 1 aromatic heterocycles. The summed E-state index contributed by atoms with van der Waals surface area (Å²) >= 11 is 0. The Kier molecular flexibility index (Phi) is 5.40. The van der Waals surface area contributed by atoms with E-state index in [0.717, 1.165) is 0 Å². The third kappa shape index (κ3) is 3.11. The summed E-state index contributed by atoms with van der Waals surface area (Å²) in [6.07, 6.45) is 0. The maximum Gasteiger partial charge on any atom is 0.206 e. The molecule has 2 aromatic rings. The Bertz CT molecular complexity index is 515. The lowest BCUT2D eigenvalue weighted by molar-refractivity contribution is 0.414. The molecule has 2 rings (SSSR count). The smallest absolute Gasteiger partial charge is 0.206 e. The third-order valence-corrected chi connectivity index (χ3v) is 2.78. The number of hydrogen-bond donors (Lipinski definition) is 2. The normalized spacial score (nSPS) is 11.3. The lowest BCUT2D eigenvalue weighted by Gasteiger charge is -2.05. The van der Waals surface area contributed by atoms with Crippen molar-refractivity contribution in [3.8, 4) is 17.1 Å². The summed E-state index contributed by atoms with van der Waals surface area (Å²) < 4.78 is 16.4. The van der Waals surface area contributed by atoms with Crippen molar-refractivity contribution in [1.82, 2.24) is 20.6 Å². The Morgan fingerprint density at radius 1 is 1.39 bits per heavy atom. The molecule has 8 heteroatoms. The van der Waals surface area contributed by atoms with Gasteiger partial charge in [-0.05, 0) is 23.4 Å². The van der Waals surface area contributed by atoms with E-state index in [1.165, 1.54) is 7.11 Å². The van der Waals surface area contributed by atoms with Gasteiger partial charge in [0.25, 0.3) is 0 Å². The Morgan fingerprint density at radius 3 is 2.61 bits per heavy atom. The largest absolute Gasteiger partial charge is 0.497 e. The van der Waals surface area contributed by atoms with Crippen molar-refractivity contribution in [2.75, 3.05) is 7.11 Å². The van der Waals surface area contributed by atoms with Gasteiger partial charge in [0.2, 0.25) is 5.82 Å². The zero-order valence-electron chi connectivity index (χ0n) is 10.4. The number of aromatic nitrogens is 4. The fourth-order valence-corrected chi connectivity index (χ4v) is 1.83. The van der Waals surface area contributed by atoms with E-state index in [1.54, 1.807) is 18.2 Å². The Morgan fingerprint density at radius 2 is 2.11 bits per heavy atom. The summed E-state index contributed by atoms with van der Waals surface area (Å²) in [6, 6.07) is 4.94. The fraction of sp³-hybridized carbons (Fsp3) is 0.300. The van der Waals surface area contributed by atoms with Crippen molar-refractivity contribution in [2.24, 2.45) is 5.14 Å². The number of H-pyrrole nitrogens is 1. The van der Waals surface area contributed by atoms with Gasteiger partial charge in [-0.25, -0.2) is 9.35 Å². The first-order valence-electron chi connectivity index (χ1n) is 5.30. The molecule has 18 heavy (non-hydrogen) atoms. The molecule has 0 aliphatic rings. The SMILES string of the molecule is CC.COc1ccc(S(N)=O)c(-c2nn[nH]n2)c1. The number of aromatic amines is 1. The van der Waals surface area contributed by atoms with Gasteiger partial charge in [0.15, 0.2) is 0 Å². The second kappa shape index (κ2) is 6.82. The standard InChI is InChI=1S/C8H9N5O2S.C2H6/c1-15-5-2-3-7(16(9)14)6(4-5)8-10-12-13-11-8;1-2/h2-4H,9H2,1H3,(H,10,11,12,13);1-2H3. The molecule has 1 aromatic carbocycles. The number of rotatable bonds is 3. The molecular weight excluding hydrogens is 254 g/mol. The minimum atomic E-state index is -1.61. The Balaban J connectivity index is 0.000000771. The van der Waals surface area contributed by atoms with Crippen LogP contribution in [0.25, 0.3) is 11.4 Å². The minimum absolute atomic E-state index is 0.327. The van der Waals surface area contributed by atoms with Crippen molar-refractivity contribution in [3.63, 3.8) is 0 Å². The average Bonchev–Trinajstić information content (AvgIpc) is 2.94. The highest BCUT2D eigenvalue weighted by molar-refractivity contribution is 7.82. The summed E-state index contributed by atoms with van der Waals surface area (Å²) in [5, 5.41) is 18.7. The van der Waals surface area contributed by atoms with Crippen LogP contribution >= 0.6 is 0 Å². The van der Waals surface area contributed by atoms with E-state index in [4.69, 9.17) is 9.88 Å². The van der Waals surface area contributed by atoms with Crippen molar-refractivity contribution >= 4 is 11.0 Å². The molecule has 1 unspecified atom stereocenters. The first kappa shape index (κ1) is 14.3. The number of nitrogens with zero attached hydrogens (tertiary/aromatic N) is 3. The van der Waals surface area contributed by atoms with Crippen molar-refractivity contribution in [2.45, 2.75) is 18.7 Å². The van der Waals surface area contributed by atoms with Crippen LogP contribution in [0.3, 0.4) is 0 Å². The second-order valence-electron chi connectivity index (χ2n) is 2.89. The maximum atomic E-state index is 11.3. The van der Waals surface area contributed by atoms with Gasteiger partial charge in [0.1, 0.15) is 16.7 Å². The highest BCUT2D eigenvalue weighted by atomic mass is 32.2. The molecule has 0 saturated carbocycles. The van der Waals surface area contributed by atoms with Crippen LogP contribution in [0.2, 0.25) is 0 Å². The average molecular weight is 269 g/mol. The molecule has 0 saturated heterocycles. The Hall–Kier alpha value is -1.80. The molecule has 0 amide bonds. The zero-order chi connectivity index (χ0) is 13.5. The number of tetrazole rings is 1. The predicted octanol–water partition coefficient (Wildman–Crippen LogP) is 0.883. The van der Waals surface area contributed by atoms with Crippen molar-refractivity contribution in [1.29, 1.82) is 0 Å². The van der Waals surface area contributed by atoms with Crippen molar-refractivity contribution < 1.29 is 8.95 Å².